The number of amides is 1. The van der Waals surface area contributed by atoms with Crippen molar-refractivity contribution in [2.75, 3.05) is 31.1 Å². The smallest absolute Gasteiger partial charge is 0.235 e. The number of nitrogens with zero attached hydrogens (tertiary/aromatic N) is 3. The third-order valence-electron chi connectivity index (χ3n) is 5.66. The lowest BCUT2D eigenvalue weighted by atomic mass is 9.99. The van der Waals surface area contributed by atoms with Crippen LogP contribution in [0.3, 0.4) is 0 Å². The van der Waals surface area contributed by atoms with Crippen molar-refractivity contribution in [3.63, 3.8) is 0 Å². The summed E-state index contributed by atoms with van der Waals surface area (Å²) in [6.07, 6.45) is 1.69. The van der Waals surface area contributed by atoms with E-state index in [1.165, 1.54) is 0 Å². The van der Waals surface area contributed by atoms with Gasteiger partial charge in [0.2, 0.25) is 5.91 Å². The van der Waals surface area contributed by atoms with E-state index in [4.69, 9.17) is 16.1 Å². The predicted octanol–water partition coefficient (Wildman–Crippen LogP) is 4.44. The SMILES string of the molecule is O=C(N1CCN(c2cccc(Cl)c2)CC1)C1(c2cc(-c3cccs3)on2)CC1. The monoisotopic (exact) mass is 413 g/mol. The minimum atomic E-state index is -0.489. The molecule has 0 unspecified atom stereocenters. The van der Waals surface area contributed by atoms with E-state index in [9.17, 15) is 4.79 Å². The van der Waals surface area contributed by atoms with Crippen LogP contribution in [0.5, 0.6) is 0 Å². The van der Waals surface area contributed by atoms with E-state index >= 15 is 0 Å². The molecular weight excluding hydrogens is 394 g/mol. The first-order chi connectivity index (χ1) is 13.7. The predicted molar refractivity (Wildman–Crippen MR) is 111 cm³/mol. The fraction of sp³-hybridized carbons (Fsp3) is 0.333. The third kappa shape index (κ3) is 3.10. The molecule has 1 saturated heterocycles. The number of halogens is 1. The molecule has 2 fully saturated rings. The highest BCUT2D eigenvalue weighted by Gasteiger charge is 2.55. The Morgan fingerprint density at radius 2 is 1.93 bits per heavy atom. The molecule has 3 aromatic rings. The van der Waals surface area contributed by atoms with Crippen LogP contribution >= 0.6 is 22.9 Å². The minimum Gasteiger partial charge on any atom is -0.368 e. The number of carbonyl (C=O) groups excluding carboxylic acids is 1. The van der Waals surface area contributed by atoms with E-state index in [-0.39, 0.29) is 5.91 Å². The summed E-state index contributed by atoms with van der Waals surface area (Å²) < 4.78 is 5.53. The van der Waals surface area contributed by atoms with Gasteiger partial charge in [0.05, 0.1) is 16.0 Å². The van der Waals surface area contributed by atoms with Gasteiger partial charge in [0, 0.05) is 43.0 Å². The molecule has 0 radical (unpaired) electrons. The van der Waals surface area contributed by atoms with Gasteiger partial charge in [-0.3, -0.25) is 4.79 Å². The van der Waals surface area contributed by atoms with E-state index < -0.39 is 5.41 Å². The fourth-order valence-corrected chi connectivity index (χ4v) is 4.74. The Labute approximate surface area is 172 Å². The molecule has 3 heterocycles. The van der Waals surface area contributed by atoms with Crippen LogP contribution in [0.25, 0.3) is 10.6 Å². The van der Waals surface area contributed by atoms with Crippen LogP contribution in [0.2, 0.25) is 5.02 Å². The lowest BCUT2D eigenvalue weighted by Gasteiger charge is -2.37. The number of thiophene rings is 1. The summed E-state index contributed by atoms with van der Waals surface area (Å²) in [5.41, 5.74) is 1.40. The molecule has 2 aromatic heterocycles. The van der Waals surface area contributed by atoms with E-state index in [1.807, 2.05) is 46.7 Å². The summed E-state index contributed by atoms with van der Waals surface area (Å²) in [5.74, 6) is 0.930. The van der Waals surface area contributed by atoms with Crippen LogP contribution in [-0.2, 0) is 10.2 Å². The number of hydrogen-bond acceptors (Lipinski definition) is 5. The van der Waals surface area contributed by atoms with Crippen LogP contribution in [0.15, 0.2) is 52.4 Å². The highest BCUT2D eigenvalue weighted by Crippen LogP contribution is 2.50. The Kier molecular flexibility index (Phi) is 4.40. The molecule has 1 amide bonds. The molecule has 1 aliphatic heterocycles. The molecule has 0 spiro atoms. The van der Waals surface area contributed by atoms with Gasteiger partial charge >= 0.3 is 0 Å². The Bertz CT molecular complexity index is 989. The summed E-state index contributed by atoms with van der Waals surface area (Å²) in [4.78, 5) is 18.6. The van der Waals surface area contributed by atoms with Gasteiger partial charge in [-0.1, -0.05) is 28.9 Å². The second-order valence-electron chi connectivity index (χ2n) is 7.39. The molecular formula is C21H20ClN3O2S. The van der Waals surface area contributed by atoms with Gasteiger partial charge < -0.3 is 14.3 Å². The van der Waals surface area contributed by atoms with Gasteiger partial charge in [0.15, 0.2) is 5.76 Å². The summed E-state index contributed by atoms with van der Waals surface area (Å²) in [5, 5.41) is 7.00. The Balaban J connectivity index is 1.28. The van der Waals surface area contributed by atoms with Crippen LogP contribution in [0, 0.1) is 0 Å². The second-order valence-corrected chi connectivity index (χ2v) is 8.78. The normalized spacial score (nSPS) is 18.3. The Morgan fingerprint density at radius 1 is 1.11 bits per heavy atom. The van der Waals surface area contributed by atoms with Gasteiger partial charge in [0.1, 0.15) is 0 Å². The highest BCUT2D eigenvalue weighted by atomic mass is 35.5. The van der Waals surface area contributed by atoms with Crippen molar-refractivity contribution >= 4 is 34.5 Å². The van der Waals surface area contributed by atoms with Crippen molar-refractivity contribution in [3.05, 3.63) is 58.6 Å². The third-order valence-corrected chi connectivity index (χ3v) is 6.78. The molecule has 0 N–H and O–H groups in total. The number of aromatic nitrogens is 1. The largest absolute Gasteiger partial charge is 0.368 e. The molecule has 1 aromatic carbocycles. The van der Waals surface area contributed by atoms with E-state index in [0.29, 0.717) is 13.1 Å². The number of carbonyl (C=O) groups is 1. The van der Waals surface area contributed by atoms with Crippen LogP contribution in [0.4, 0.5) is 5.69 Å². The summed E-state index contributed by atoms with van der Waals surface area (Å²) in [6, 6.07) is 13.8. The molecule has 7 heteroatoms. The number of hydrogen-bond donors (Lipinski definition) is 0. The Morgan fingerprint density at radius 3 is 2.61 bits per heavy atom. The van der Waals surface area contributed by atoms with Crippen LogP contribution < -0.4 is 4.90 Å². The van der Waals surface area contributed by atoms with Crippen LogP contribution in [0.1, 0.15) is 18.5 Å². The van der Waals surface area contributed by atoms with Crippen molar-refractivity contribution in [1.82, 2.24) is 10.1 Å². The van der Waals surface area contributed by atoms with Crippen molar-refractivity contribution in [1.29, 1.82) is 0 Å². The van der Waals surface area contributed by atoms with Gasteiger partial charge in [-0.05, 0) is 42.5 Å². The van der Waals surface area contributed by atoms with E-state index in [0.717, 1.165) is 53.0 Å². The van der Waals surface area contributed by atoms with E-state index in [2.05, 4.69) is 16.1 Å². The van der Waals surface area contributed by atoms with E-state index in [1.54, 1.807) is 11.3 Å². The molecule has 5 rings (SSSR count). The lowest BCUT2D eigenvalue weighted by molar-refractivity contribution is -0.134. The maximum atomic E-state index is 13.3. The van der Waals surface area contributed by atoms with Crippen LogP contribution in [-0.4, -0.2) is 42.1 Å². The summed E-state index contributed by atoms with van der Waals surface area (Å²) in [7, 11) is 0. The lowest BCUT2D eigenvalue weighted by Crippen LogP contribution is -2.51. The fourth-order valence-electron chi connectivity index (χ4n) is 3.88. The number of anilines is 1. The first-order valence-electron chi connectivity index (χ1n) is 9.47. The zero-order valence-corrected chi connectivity index (χ0v) is 16.9. The molecule has 1 aliphatic carbocycles. The van der Waals surface area contributed by atoms with Gasteiger partial charge in [-0.25, -0.2) is 0 Å². The molecule has 2 aliphatic rings. The summed E-state index contributed by atoms with van der Waals surface area (Å²) in [6.45, 7) is 3.04. The average molecular weight is 414 g/mol. The number of piperazine rings is 1. The van der Waals surface area contributed by atoms with Gasteiger partial charge in [-0.2, -0.15) is 0 Å². The second kappa shape index (κ2) is 6.94. The highest BCUT2D eigenvalue weighted by molar-refractivity contribution is 7.13. The number of benzene rings is 1. The number of rotatable bonds is 4. The minimum absolute atomic E-state index is 0.185. The zero-order valence-electron chi connectivity index (χ0n) is 15.3. The van der Waals surface area contributed by atoms with Crippen molar-refractivity contribution in [2.45, 2.75) is 18.3 Å². The molecule has 0 atom stereocenters. The van der Waals surface area contributed by atoms with Crippen molar-refractivity contribution in [2.24, 2.45) is 0 Å². The zero-order chi connectivity index (χ0) is 19.1. The maximum Gasteiger partial charge on any atom is 0.235 e. The summed E-state index contributed by atoms with van der Waals surface area (Å²) >= 11 is 7.72. The first kappa shape index (κ1) is 17.8. The van der Waals surface area contributed by atoms with Gasteiger partial charge in [-0.15, -0.1) is 11.3 Å². The molecule has 144 valence electrons. The molecule has 1 saturated carbocycles. The van der Waals surface area contributed by atoms with Gasteiger partial charge in [0.25, 0.3) is 0 Å². The average Bonchev–Trinajstić information content (AvgIpc) is 3.12. The van der Waals surface area contributed by atoms with Crippen molar-refractivity contribution in [3.8, 4) is 10.6 Å². The standard InChI is InChI=1S/C21H20ClN3O2S/c22-15-3-1-4-16(13-15)24-8-10-25(11-9-24)20(26)21(6-7-21)19-14-17(27-23-19)18-5-2-12-28-18/h1-5,12-14H,6-11H2. The maximum absolute atomic E-state index is 13.3. The molecule has 28 heavy (non-hydrogen) atoms. The topological polar surface area (TPSA) is 49.6 Å². The Hall–Kier alpha value is -2.31. The van der Waals surface area contributed by atoms with Crippen molar-refractivity contribution < 1.29 is 9.32 Å². The molecule has 0 bridgehead atoms. The first-order valence-corrected chi connectivity index (χ1v) is 10.7. The molecule has 5 nitrogen and oxygen atoms in total. The quantitative estimate of drug-likeness (QED) is 0.634.